The maximum atomic E-state index is 12.0. The highest BCUT2D eigenvalue weighted by Crippen LogP contribution is 2.13. The molecule has 0 aliphatic heterocycles. The van der Waals surface area contributed by atoms with Crippen LogP contribution in [0.3, 0.4) is 0 Å². The number of hydrogen-bond acceptors (Lipinski definition) is 4. The Morgan fingerprint density at radius 1 is 1.16 bits per heavy atom. The largest absolute Gasteiger partial charge is 0.494 e. The molecule has 0 saturated heterocycles. The molecule has 1 atom stereocenters. The lowest BCUT2D eigenvalue weighted by atomic mass is 10.1. The van der Waals surface area contributed by atoms with Crippen molar-refractivity contribution in [2.45, 2.75) is 18.9 Å². The van der Waals surface area contributed by atoms with Crippen molar-refractivity contribution < 1.29 is 9.53 Å². The van der Waals surface area contributed by atoms with Gasteiger partial charge >= 0.3 is 0 Å². The van der Waals surface area contributed by atoms with E-state index < -0.39 is 6.04 Å². The van der Waals surface area contributed by atoms with Crippen molar-refractivity contribution in [3.05, 3.63) is 65.7 Å². The van der Waals surface area contributed by atoms with Gasteiger partial charge in [-0.1, -0.05) is 42.5 Å². The van der Waals surface area contributed by atoms with Crippen molar-refractivity contribution in [1.82, 2.24) is 5.32 Å². The zero-order valence-corrected chi connectivity index (χ0v) is 14.1. The molecule has 6 heteroatoms. The molecule has 0 heterocycles. The fourth-order valence-corrected chi connectivity index (χ4v) is 2.32. The highest BCUT2D eigenvalue weighted by Gasteiger charge is 2.13. The fourth-order valence-electron chi connectivity index (χ4n) is 2.32. The van der Waals surface area contributed by atoms with Gasteiger partial charge < -0.3 is 21.5 Å². The smallest absolute Gasteiger partial charge is 0.237 e. The summed E-state index contributed by atoms with van der Waals surface area (Å²) < 4.78 is 5.60. The minimum Gasteiger partial charge on any atom is -0.494 e. The summed E-state index contributed by atoms with van der Waals surface area (Å²) in [6.07, 6.45) is 1.18. The van der Waals surface area contributed by atoms with Gasteiger partial charge in [0.1, 0.15) is 11.6 Å². The quantitative estimate of drug-likeness (QED) is 0.314. The van der Waals surface area contributed by atoms with Crippen LogP contribution in [0.5, 0.6) is 5.75 Å². The Hall–Kier alpha value is -2.86. The summed E-state index contributed by atoms with van der Waals surface area (Å²) in [6.45, 7) is 0.948. The SMILES string of the molecule is N=C(N)c1cccc(OCCCNC(=O)[C@H](N)Cc2ccccc2)c1. The second-order valence-electron chi connectivity index (χ2n) is 5.73. The van der Waals surface area contributed by atoms with Crippen molar-refractivity contribution in [2.75, 3.05) is 13.2 Å². The van der Waals surface area contributed by atoms with E-state index in [0.717, 1.165) is 5.56 Å². The first kappa shape index (κ1) is 18.5. The predicted octanol–water partition coefficient (Wildman–Crippen LogP) is 1.43. The van der Waals surface area contributed by atoms with Gasteiger partial charge in [0.05, 0.1) is 12.6 Å². The molecule has 2 aromatic rings. The molecule has 0 radical (unpaired) electrons. The van der Waals surface area contributed by atoms with E-state index in [0.29, 0.717) is 37.3 Å². The van der Waals surface area contributed by atoms with E-state index in [-0.39, 0.29) is 11.7 Å². The van der Waals surface area contributed by atoms with E-state index in [9.17, 15) is 4.79 Å². The lowest BCUT2D eigenvalue weighted by Crippen LogP contribution is -2.42. The zero-order chi connectivity index (χ0) is 18.1. The molecule has 0 aliphatic carbocycles. The fraction of sp³-hybridized carbons (Fsp3) is 0.263. The highest BCUT2D eigenvalue weighted by atomic mass is 16.5. The molecule has 6 nitrogen and oxygen atoms in total. The van der Waals surface area contributed by atoms with Gasteiger partial charge in [-0.3, -0.25) is 10.2 Å². The number of ether oxygens (including phenoxy) is 1. The van der Waals surface area contributed by atoms with Crippen LogP contribution in [0.25, 0.3) is 0 Å². The maximum Gasteiger partial charge on any atom is 0.237 e. The number of amidine groups is 1. The topological polar surface area (TPSA) is 114 Å². The molecule has 0 saturated carbocycles. The van der Waals surface area contributed by atoms with Crippen molar-refractivity contribution in [1.29, 1.82) is 5.41 Å². The molecule has 1 amide bonds. The summed E-state index contributed by atoms with van der Waals surface area (Å²) in [4.78, 5) is 12.0. The first-order valence-electron chi connectivity index (χ1n) is 8.21. The van der Waals surface area contributed by atoms with E-state index in [2.05, 4.69) is 5.32 Å². The number of hydrogen-bond donors (Lipinski definition) is 4. The number of rotatable bonds is 9. The number of benzene rings is 2. The van der Waals surface area contributed by atoms with Gasteiger partial charge in [0.2, 0.25) is 5.91 Å². The monoisotopic (exact) mass is 340 g/mol. The lowest BCUT2D eigenvalue weighted by Gasteiger charge is -2.13. The molecule has 0 bridgehead atoms. The number of nitrogens with two attached hydrogens (primary N) is 2. The summed E-state index contributed by atoms with van der Waals surface area (Å²) in [6, 6.07) is 16.2. The van der Waals surface area contributed by atoms with Gasteiger partial charge in [0, 0.05) is 12.1 Å². The number of amides is 1. The molecule has 25 heavy (non-hydrogen) atoms. The standard InChI is InChI=1S/C19H24N4O2/c20-17(12-14-6-2-1-3-7-14)19(24)23-10-5-11-25-16-9-4-8-15(13-16)18(21)22/h1-4,6-9,13,17H,5,10-12,20H2,(H3,21,22)(H,23,24)/t17-/m1/s1. The molecule has 0 unspecified atom stereocenters. The van der Waals surface area contributed by atoms with Crippen LogP contribution in [-0.4, -0.2) is 30.9 Å². The summed E-state index contributed by atoms with van der Waals surface area (Å²) in [5, 5.41) is 10.2. The van der Waals surface area contributed by atoms with Gasteiger partial charge in [-0.15, -0.1) is 0 Å². The van der Waals surface area contributed by atoms with Crippen LogP contribution in [-0.2, 0) is 11.2 Å². The summed E-state index contributed by atoms with van der Waals surface area (Å²) in [7, 11) is 0. The van der Waals surface area contributed by atoms with Crippen molar-refractivity contribution in [3.63, 3.8) is 0 Å². The third-order valence-electron chi connectivity index (χ3n) is 3.67. The molecular weight excluding hydrogens is 316 g/mol. The van der Waals surface area contributed by atoms with Crippen LogP contribution < -0.4 is 21.5 Å². The van der Waals surface area contributed by atoms with E-state index in [1.54, 1.807) is 24.3 Å². The van der Waals surface area contributed by atoms with Gasteiger partial charge in [0.25, 0.3) is 0 Å². The molecule has 0 aromatic heterocycles. The zero-order valence-electron chi connectivity index (χ0n) is 14.1. The summed E-state index contributed by atoms with van der Waals surface area (Å²) in [5.41, 5.74) is 13.0. The number of nitrogens with one attached hydrogen (secondary N) is 2. The van der Waals surface area contributed by atoms with Crippen molar-refractivity contribution in [3.8, 4) is 5.75 Å². The van der Waals surface area contributed by atoms with E-state index >= 15 is 0 Å². The highest BCUT2D eigenvalue weighted by molar-refractivity contribution is 5.95. The minimum atomic E-state index is -0.560. The van der Waals surface area contributed by atoms with Crippen LogP contribution in [0.1, 0.15) is 17.5 Å². The van der Waals surface area contributed by atoms with Crippen LogP contribution >= 0.6 is 0 Å². The second kappa shape index (κ2) is 9.44. The van der Waals surface area contributed by atoms with Crippen LogP contribution in [0, 0.1) is 5.41 Å². The third-order valence-corrected chi connectivity index (χ3v) is 3.67. The Kier molecular flexibility index (Phi) is 6.98. The van der Waals surface area contributed by atoms with Crippen LogP contribution in [0.15, 0.2) is 54.6 Å². The Labute approximate surface area is 147 Å². The average molecular weight is 340 g/mol. The molecule has 0 aliphatic rings. The molecule has 0 fully saturated rings. The van der Waals surface area contributed by atoms with E-state index in [1.165, 1.54) is 0 Å². The van der Waals surface area contributed by atoms with Crippen LogP contribution in [0.2, 0.25) is 0 Å². The Balaban J connectivity index is 1.66. The number of nitrogen functional groups attached to an aromatic ring is 1. The lowest BCUT2D eigenvalue weighted by molar-refractivity contribution is -0.122. The van der Waals surface area contributed by atoms with Gasteiger partial charge in [-0.25, -0.2) is 0 Å². The molecule has 2 aromatic carbocycles. The normalized spacial score (nSPS) is 11.6. The molecule has 2 rings (SSSR count). The second-order valence-corrected chi connectivity index (χ2v) is 5.73. The van der Waals surface area contributed by atoms with Crippen LogP contribution in [0.4, 0.5) is 0 Å². The number of carbonyl (C=O) groups excluding carboxylic acids is 1. The first-order chi connectivity index (χ1) is 12.1. The van der Waals surface area contributed by atoms with E-state index in [1.807, 2.05) is 30.3 Å². The van der Waals surface area contributed by atoms with Gasteiger partial charge in [-0.2, -0.15) is 0 Å². The summed E-state index contributed by atoms with van der Waals surface area (Å²) >= 11 is 0. The Morgan fingerprint density at radius 2 is 1.92 bits per heavy atom. The molecule has 0 spiro atoms. The Morgan fingerprint density at radius 3 is 2.64 bits per heavy atom. The Bertz CT molecular complexity index is 704. The summed E-state index contributed by atoms with van der Waals surface area (Å²) in [5.74, 6) is 0.493. The third kappa shape index (κ3) is 6.27. The molecule has 6 N–H and O–H groups in total. The molecule has 132 valence electrons. The maximum absolute atomic E-state index is 12.0. The van der Waals surface area contributed by atoms with Crippen molar-refractivity contribution in [2.24, 2.45) is 11.5 Å². The van der Waals surface area contributed by atoms with E-state index in [4.69, 9.17) is 21.6 Å². The molecular formula is C19H24N4O2. The number of carbonyl (C=O) groups is 1. The van der Waals surface area contributed by atoms with Crippen molar-refractivity contribution >= 4 is 11.7 Å². The average Bonchev–Trinajstić information content (AvgIpc) is 2.62. The first-order valence-corrected chi connectivity index (χ1v) is 8.21. The minimum absolute atomic E-state index is 0.00474. The predicted molar refractivity (Wildman–Crippen MR) is 98.7 cm³/mol. The van der Waals surface area contributed by atoms with Gasteiger partial charge in [0.15, 0.2) is 0 Å². The van der Waals surface area contributed by atoms with Gasteiger partial charge in [-0.05, 0) is 30.5 Å².